The van der Waals surface area contributed by atoms with Crippen molar-refractivity contribution in [3.63, 3.8) is 0 Å². The Labute approximate surface area is 143 Å². The van der Waals surface area contributed by atoms with Crippen LogP contribution in [0.25, 0.3) is 11.0 Å². The number of para-hydroxylation sites is 2. The number of benzene rings is 2. The number of hydrogen-bond donors (Lipinski definition) is 0. The highest BCUT2D eigenvalue weighted by atomic mass is 16.5. The Balaban J connectivity index is 2.06. The van der Waals surface area contributed by atoms with Crippen molar-refractivity contribution in [2.24, 2.45) is 0 Å². The number of methoxy groups -OCH3 is 1. The first kappa shape index (κ1) is 16.4. The van der Waals surface area contributed by atoms with Crippen LogP contribution >= 0.6 is 0 Å². The lowest BCUT2D eigenvalue weighted by Crippen LogP contribution is -2.31. The molecule has 3 rings (SSSR count). The molecule has 3 aromatic rings. The van der Waals surface area contributed by atoms with Crippen LogP contribution in [-0.2, 0) is 4.74 Å². The summed E-state index contributed by atoms with van der Waals surface area (Å²) in [4.78, 5) is 38.1. The molecule has 1 amide bonds. The highest BCUT2D eigenvalue weighted by Crippen LogP contribution is 2.22. The van der Waals surface area contributed by atoms with Crippen molar-refractivity contribution in [2.75, 3.05) is 19.1 Å². The summed E-state index contributed by atoms with van der Waals surface area (Å²) in [5.74, 6) is -1.14. The molecule has 0 aliphatic carbocycles. The van der Waals surface area contributed by atoms with Gasteiger partial charge in [0.05, 0.1) is 18.4 Å². The van der Waals surface area contributed by atoms with Crippen LogP contribution in [0, 0.1) is 0 Å². The topological polar surface area (TPSA) is 76.8 Å². The summed E-state index contributed by atoms with van der Waals surface area (Å²) in [6, 6.07) is 14.9. The number of esters is 1. The molecule has 0 aliphatic rings. The molecular formula is C19H15NO5. The van der Waals surface area contributed by atoms with Crippen molar-refractivity contribution in [1.82, 2.24) is 0 Å². The van der Waals surface area contributed by atoms with E-state index in [-0.39, 0.29) is 11.1 Å². The van der Waals surface area contributed by atoms with Gasteiger partial charge in [0.1, 0.15) is 11.1 Å². The minimum atomic E-state index is -0.730. The van der Waals surface area contributed by atoms with Gasteiger partial charge in [-0.05, 0) is 24.3 Å². The molecule has 0 fully saturated rings. The molecule has 0 unspecified atom stereocenters. The van der Waals surface area contributed by atoms with E-state index >= 15 is 0 Å². The van der Waals surface area contributed by atoms with Gasteiger partial charge in [0.2, 0.25) is 0 Å². The smallest absolute Gasteiger partial charge is 0.349 e. The van der Waals surface area contributed by atoms with E-state index in [9.17, 15) is 14.4 Å². The Kier molecular flexibility index (Phi) is 4.35. The Morgan fingerprint density at radius 3 is 2.44 bits per heavy atom. The second-order valence-electron chi connectivity index (χ2n) is 5.36. The second kappa shape index (κ2) is 6.60. The molecule has 6 heteroatoms. The van der Waals surface area contributed by atoms with Gasteiger partial charge in [-0.1, -0.05) is 30.3 Å². The monoisotopic (exact) mass is 337 g/mol. The number of rotatable bonds is 3. The molecule has 0 saturated heterocycles. The van der Waals surface area contributed by atoms with Crippen molar-refractivity contribution in [2.45, 2.75) is 0 Å². The molecule has 0 N–H and O–H groups in total. The summed E-state index contributed by atoms with van der Waals surface area (Å²) in [5, 5.41) is 0.639. The molecule has 0 bridgehead atoms. The van der Waals surface area contributed by atoms with Crippen LogP contribution < -0.4 is 10.5 Å². The van der Waals surface area contributed by atoms with Crippen LogP contribution in [0.5, 0.6) is 0 Å². The number of ether oxygens (including phenoxy) is 1. The molecule has 1 heterocycles. The fourth-order valence-electron chi connectivity index (χ4n) is 2.55. The predicted octanol–water partition coefficient (Wildman–Crippen LogP) is 2.86. The van der Waals surface area contributed by atoms with E-state index in [2.05, 4.69) is 0 Å². The van der Waals surface area contributed by atoms with Gasteiger partial charge in [0, 0.05) is 12.4 Å². The molecular weight excluding hydrogens is 322 g/mol. The summed E-state index contributed by atoms with van der Waals surface area (Å²) >= 11 is 0. The zero-order valence-electron chi connectivity index (χ0n) is 13.7. The maximum atomic E-state index is 12.8. The van der Waals surface area contributed by atoms with Gasteiger partial charge in [-0.2, -0.15) is 0 Å². The van der Waals surface area contributed by atoms with Crippen molar-refractivity contribution >= 4 is 28.5 Å². The SMILES string of the molecule is COC(=O)c1ccccc1N(C)C(=O)c1cc2ccccc2oc1=O. The number of carbonyl (C=O) groups excluding carboxylic acids is 2. The Hall–Kier alpha value is -3.41. The van der Waals surface area contributed by atoms with Gasteiger partial charge < -0.3 is 14.1 Å². The quantitative estimate of drug-likeness (QED) is 0.542. The number of anilines is 1. The fourth-order valence-corrected chi connectivity index (χ4v) is 2.55. The summed E-state index contributed by atoms with van der Waals surface area (Å²) in [6.07, 6.45) is 0. The lowest BCUT2D eigenvalue weighted by atomic mass is 10.1. The summed E-state index contributed by atoms with van der Waals surface area (Å²) in [7, 11) is 2.75. The number of carbonyl (C=O) groups is 2. The van der Waals surface area contributed by atoms with Crippen molar-refractivity contribution in [3.05, 3.63) is 76.1 Å². The average Bonchev–Trinajstić information content (AvgIpc) is 2.65. The second-order valence-corrected chi connectivity index (χ2v) is 5.36. The molecule has 0 atom stereocenters. The molecule has 0 aliphatic heterocycles. The zero-order valence-corrected chi connectivity index (χ0v) is 13.7. The van der Waals surface area contributed by atoms with Crippen molar-refractivity contribution in [1.29, 1.82) is 0 Å². The minimum Gasteiger partial charge on any atom is -0.465 e. The van der Waals surface area contributed by atoms with Crippen molar-refractivity contribution in [3.8, 4) is 0 Å². The standard InChI is InChI=1S/C19H15NO5/c1-20(15-9-5-4-8-13(15)18(22)24-2)17(21)14-11-12-7-3-6-10-16(12)25-19(14)23/h3-11H,1-2H3. The van der Waals surface area contributed by atoms with E-state index in [0.717, 1.165) is 0 Å². The summed E-state index contributed by atoms with van der Waals surface area (Å²) in [5.41, 5.74) is 0.131. The largest absolute Gasteiger partial charge is 0.465 e. The molecule has 25 heavy (non-hydrogen) atoms. The summed E-state index contributed by atoms with van der Waals surface area (Å²) in [6.45, 7) is 0. The van der Waals surface area contributed by atoms with Gasteiger partial charge in [-0.3, -0.25) is 4.79 Å². The van der Waals surface area contributed by atoms with Crippen molar-refractivity contribution < 1.29 is 18.7 Å². The molecule has 0 spiro atoms. The van der Waals surface area contributed by atoms with Crippen LogP contribution in [0.1, 0.15) is 20.7 Å². The number of fused-ring (bicyclic) bond motifs is 1. The van der Waals surface area contributed by atoms with Crippen LogP contribution in [0.4, 0.5) is 5.69 Å². The van der Waals surface area contributed by atoms with E-state index in [1.807, 2.05) is 0 Å². The van der Waals surface area contributed by atoms with Crippen LogP contribution in [0.2, 0.25) is 0 Å². The maximum Gasteiger partial charge on any atom is 0.349 e. The zero-order chi connectivity index (χ0) is 18.0. The van der Waals surface area contributed by atoms with Gasteiger partial charge in [-0.15, -0.1) is 0 Å². The van der Waals surface area contributed by atoms with Gasteiger partial charge >= 0.3 is 11.6 Å². The normalized spacial score (nSPS) is 10.5. The third kappa shape index (κ3) is 3.01. The molecule has 2 aromatic carbocycles. The molecule has 126 valence electrons. The maximum absolute atomic E-state index is 12.8. The Bertz CT molecular complexity index is 1020. The summed E-state index contributed by atoms with van der Waals surface area (Å²) < 4.78 is 9.94. The predicted molar refractivity (Wildman–Crippen MR) is 93.0 cm³/mol. The van der Waals surface area contributed by atoms with Gasteiger partial charge in [0.25, 0.3) is 5.91 Å². The fraction of sp³-hybridized carbons (Fsp3) is 0.105. The number of amides is 1. The van der Waals surface area contributed by atoms with Crippen LogP contribution in [-0.4, -0.2) is 26.0 Å². The molecule has 6 nitrogen and oxygen atoms in total. The number of hydrogen-bond acceptors (Lipinski definition) is 5. The lowest BCUT2D eigenvalue weighted by Gasteiger charge is -2.19. The first-order valence-corrected chi connectivity index (χ1v) is 7.51. The van der Waals surface area contributed by atoms with E-state index < -0.39 is 17.5 Å². The van der Waals surface area contributed by atoms with E-state index in [1.54, 1.807) is 48.5 Å². The molecule has 0 radical (unpaired) electrons. The van der Waals surface area contributed by atoms with E-state index in [4.69, 9.17) is 9.15 Å². The third-order valence-electron chi connectivity index (χ3n) is 3.85. The molecule has 0 saturated carbocycles. The average molecular weight is 337 g/mol. The Morgan fingerprint density at radius 1 is 1.00 bits per heavy atom. The first-order valence-electron chi connectivity index (χ1n) is 7.51. The lowest BCUT2D eigenvalue weighted by molar-refractivity contribution is 0.0601. The molecule has 1 aromatic heterocycles. The van der Waals surface area contributed by atoms with E-state index in [0.29, 0.717) is 16.7 Å². The number of nitrogens with zero attached hydrogens (tertiary/aromatic N) is 1. The minimum absolute atomic E-state index is 0.110. The third-order valence-corrected chi connectivity index (χ3v) is 3.85. The Morgan fingerprint density at radius 2 is 1.68 bits per heavy atom. The van der Waals surface area contributed by atoms with E-state index in [1.165, 1.54) is 25.1 Å². The highest BCUT2D eigenvalue weighted by Gasteiger charge is 2.23. The van der Waals surface area contributed by atoms with Crippen LogP contribution in [0.3, 0.4) is 0 Å². The van der Waals surface area contributed by atoms with Gasteiger partial charge in [0.15, 0.2) is 0 Å². The first-order chi connectivity index (χ1) is 12.0. The van der Waals surface area contributed by atoms with Gasteiger partial charge in [-0.25, -0.2) is 9.59 Å². The van der Waals surface area contributed by atoms with Crippen LogP contribution in [0.15, 0.2) is 63.8 Å². The highest BCUT2D eigenvalue weighted by molar-refractivity contribution is 6.09.